The van der Waals surface area contributed by atoms with Crippen LogP contribution in [0.3, 0.4) is 0 Å². The Bertz CT molecular complexity index is 526. The predicted molar refractivity (Wildman–Crippen MR) is 89.5 cm³/mol. The van der Waals surface area contributed by atoms with Crippen LogP contribution in [0, 0.1) is 22.7 Å². The number of allylic oxidation sites excluding steroid dienone is 1. The summed E-state index contributed by atoms with van der Waals surface area (Å²) in [7, 11) is 0. The summed E-state index contributed by atoms with van der Waals surface area (Å²) in [4.78, 5) is 0. The van der Waals surface area contributed by atoms with Crippen molar-refractivity contribution in [3.8, 4) is 0 Å². The largest absolute Gasteiger partial charge is 0.472 e. The smallest absolute Gasteiger partial charge is 0.0934 e. The van der Waals surface area contributed by atoms with E-state index in [1.54, 1.807) is 6.26 Å². The summed E-state index contributed by atoms with van der Waals surface area (Å²) in [6.07, 6.45) is 13.2. The summed E-state index contributed by atoms with van der Waals surface area (Å²) in [5, 5.41) is 9.87. The Morgan fingerprint density at radius 2 is 2.09 bits per heavy atom. The zero-order chi connectivity index (χ0) is 15.8. The van der Waals surface area contributed by atoms with Gasteiger partial charge in [-0.3, -0.25) is 0 Å². The third-order valence-corrected chi connectivity index (χ3v) is 6.62. The molecule has 3 atom stereocenters. The molecule has 0 aliphatic heterocycles. The molecular formula is C20H30O2. The molecule has 0 radical (unpaired) electrons. The normalized spacial score (nSPS) is 34.1. The van der Waals surface area contributed by atoms with Crippen molar-refractivity contribution in [2.45, 2.75) is 59.3 Å². The molecule has 1 saturated carbocycles. The number of hydrogen-bond acceptors (Lipinski definition) is 2. The van der Waals surface area contributed by atoms with Crippen molar-refractivity contribution in [1.82, 2.24) is 0 Å². The van der Waals surface area contributed by atoms with E-state index in [2.05, 4.69) is 32.9 Å². The van der Waals surface area contributed by atoms with Crippen molar-refractivity contribution in [2.24, 2.45) is 22.7 Å². The molecule has 3 unspecified atom stereocenters. The first kappa shape index (κ1) is 15.9. The van der Waals surface area contributed by atoms with Gasteiger partial charge in [0.1, 0.15) is 0 Å². The molecule has 1 fully saturated rings. The van der Waals surface area contributed by atoms with E-state index in [0.29, 0.717) is 16.7 Å². The highest BCUT2D eigenvalue weighted by Gasteiger charge is 2.51. The molecule has 2 nitrogen and oxygen atoms in total. The number of furan rings is 1. The molecule has 0 bridgehead atoms. The fourth-order valence-electron chi connectivity index (χ4n) is 5.44. The van der Waals surface area contributed by atoms with E-state index in [1.807, 2.05) is 6.26 Å². The zero-order valence-corrected chi connectivity index (χ0v) is 14.3. The van der Waals surface area contributed by atoms with Crippen LogP contribution in [-0.2, 0) is 6.42 Å². The molecule has 0 aromatic carbocycles. The zero-order valence-electron chi connectivity index (χ0n) is 14.3. The molecular weight excluding hydrogens is 272 g/mol. The lowest BCUT2D eigenvalue weighted by Gasteiger charge is -2.57. The molecule has 2 aliphatic carbocycles. The predicted octanol–water partition coefficient (Wildman–Crippen LogP) is 4.98. The first-order valence-electron chi connectivity index (χ1n) is 8.78. The Labute approximate surface area is 134 Å². The molecule has 1 N–H and O–H groups in total. The highest BCUT2D eigenvalue weighted by Crippen LogP contribution is 2.60. The average molecular weight is 302 g/mol. The van der Waals surface area contributed by atoms with Crippen LogP contribution in [0.2, 0.25) is 0 Å². The molecule has 1 heterocycles. The van der Waals surface area contributed by atoms with E-state index in [-0.39, 0.29) is 6.61 Å². The number of fused-ring (bicyclic) bond motifs is 1. The molecule has 2 aliphatic rings. The lowest BCUT2D eigenvalue weighted by Crippen LogP contribution is -2.49. The standard InChI is InChI=1S/C20H30O2/c1-19(2)10-4-11-20(3)17(7-5-15-9-12-22-14-15)16(13-21)6-8-18(19)20/h6,9,12,14,17-18,21H,4-5,7-8,10-11,13H2,1-3H3. The van der Waals surface area contributed by atoms with Gasteiger partial charge in [0.05, 0.1) is 19.1 Å². The second-order valence-corrected chi connectivity index (χ2v) is 8.30. The van der Waals surface area contributed by atoms with Crippen molar-refractivity contribution < 1.29 is 9.52 Å². The van der Waals surface area contributed by atoms with Crippen LogP contribution in [0.4, 0.5) is 0 Å². The van der Waals surface area contributed by atoms with E-state index in [0.717, 1.165) is 25.2 Å². The van der Waals surface area contributed by atoms with Crippen molar-refractivity contribution in [3.63, 3.8) is 0 Å². The van der Waals surface area contributed by atoms with Gasteiger partial charge >= 0.3 is 0 Å². The van der Waals surface area contributed by atoms with Crippen LogP contribution in [0.15, 0.2) is 34.7 Å². The minimum Gasteiger partial charge on any atom is -0.472 e. The van der Waals surface area contributed by atoms with Crippen molar-refractivity contribution >= 4 is 0 Å². The van der Waals surface area contributed by atoms with E-state index < -0.39 is 0 Å². The fraction of sp³-hybridized carbons (Fsp3) is 0.700. The van der Waals surface area contributed by atoms with Crippen molar-refractivity contribution in [2.75, 3.05) is 6.61 Å². The van der Waals surface area contributed by atoms with Crippen LogP contribution >= 0.6 is 0 Å². The lowest BCUT2D eigenvalue weighted by molar-refractivity contribution is -0.0420. The van der Waals surface area contributed by atoms with Crippen LogP contribution in [0.5, 0.6) is 0 Å². The van der Waals surface area contributed by atoms with Gasteiger partial charge in [0.2, 0.25) is 0 Å². The summed E-state index contributed by atoms with van der Waals surface area (Å²) in [5.74, 6) is 1.24. The number of aliphatic hydroxyl groups excluding tert-OH is 1. The van der Waals surface area contributed by atoms with Crippen molar-refractivity contribution in [3.05, 3.63) is 35.8 Å². The van der Waals surface area contributed by atoms with Gasteiger partial charge in [0.15, 0.2) is 0 Å². The Kier molecular flexibility index (Phi) is 4.24. The first-order valence-corrected chi connectivity index (χ1v) is 8.78. The molecule has 0 spiro atoms. The Morgan fingerprint density at radius 3 is 2.77 bits per heavy atom. The summed E-state index contributed by atoms with van der Waals surface area (Å²) < 4.78 is 5.21. The number of aliphatic hydroxyl groups is 1. The fourth-order valence-corrected chi connectivity index (χ4v) is 5.44. The maximum absolute atomic E-state index is 9.87. The van der Waals surface area contributed by atoms with Gasteiger partial charge < -0.3 is 9.52 Å². The van der Waals surface area contributed by atoms with Crippen LogP contribution in [0.25, 0.3) is 0 Å². The van der Waals surface area contributed by atoms with E-state index in [4.69, 9.17) is 4.42 Å². The highest BCUT2D eigenvalue weighted by molar-refractivity contribution is 5.21. The highest BCUT2D eigenvalue weighted by atomic mass is 16.3. The van der Waals surface area contributed by atoms with Crippen LogP contribution in [0.1, 0.15) is 58.4 Å². The monoisotopic (exact) mass is 302 g/mol. The van der Waals surface area contributed by atoms with E-state index in [9.17, 15) is 5.11 Å². The van der Waals surface area contributed by atoms with Gasteiger partial charge in [0, 0.05) is 0 Å². The molecule has 1 aromatic rings. The molecule has 3 rings (SSSR count). The topological polar surface area (TPSA) is 33.4 Å². The Balaban J connectivity index is 1.86. The molecule has 22 heavy (non-hydrogen) atoms. The molecule has 2 heteroatoms. The third-order valence-electron chi connectivity index (χ3n) is 6.62. The van der Waals surface area contributed by atoms with Gasteiger partial charge in [-0.25, -0.2) is 0 Å². The van der Waals surface area contributed by atoms with Gasteiger partial charge in [-0.1, -0.05) is 33.3 Å². The van der Waals surface area contributed by atoms with Crippen LogP contribution < -0.4 is 0 Å². The van der Waals surface area contributed by atoms with Gasteiger partial charge in [-0.15, -0.1) is 0 Å². The lowest BCUT2D eigenvalue weighted by atomic mass is 9.48. The molecule has 0 saturated heterocycles. The molecule has 0 amide bonds. The number of rotatable bonds is 4. The SMILES string of the molecule is CC1(C)CCCC2(C)C(CCc3ccoc3)C(CO)=CCC12. The maximum atomic E-state index is 9.87. The first-order chi connectivity index (χ1) is 10.5. The van der Waals surface area contributed by atoms with E-state index in [1.165, 1.54) is 30.4 Å². The summed E-state index contributed by atoms with van der Waals surface area (Å²) >= 11 is 0. The van der Waals surface area contributed by atoms with Crippen LogP contribution in [-0.4, -0.2) is 11.7 Å². The summed E-state index contributed by atoms with van der Waals surface area (Å²) in [6.45, 7) is 7.60. The second-order valence-electron chi connectivity index (χ2n) is 8.30. The average Bonchev–Trinajstić information content (AvgIpc) is 2.97. The van der Waals surface area contributed by atoms with Crippen molar-refractivity contribution in [1.29, 1.82) is 0 Å². The van der Waals surface area contributed by atoms with Gasteiger partial charge in [0.25, 0.3) is 0 Å². The molecule has 1 aromatic heterocycles. The Morgan fingerprint density at radius 1 is 1.27 bits per heavy atom. The van der Waals surface area contributed by atoms with E-state index >= 15 is 0 Å². The minimum absolute atomic E-state index is 0.221. The summed E-state index contributed by atoms with van der Waals surface area (Å²) in [6, 6.07) is 2.07. The Hall–Kier alpha value is -1.02. The quantitative estimate of drug-likeness (QED) is 0.795. The number of hydrogen-bond donors (Lipinski definition) is 1. The maximum Gasteiger partial charge on any atom is 0.0934 e. The third kappa shape index (κ3) is 2.67. The van der Waals surface area contributed by atoms with Gasteiger partial charge in [-0.05, 0) is 72.0 Å². The minimum atomic E-state index is 0.221. The summed E-state index contributed by atoms with van der Waals surface area (Å²) in [5.41, 5.74) is 3.30. The second kappa shape index (κ2) is 5.88. The number of aryl methyl sites for hydroxylation is 1. The molecule has 122 valence electrons. The van der Waals surface area contributed by atoms with Gasteiger partial charge in [-0.2, -0.15) is 0 Å².